The lowest BCUT2D eigenvalue weighted by Gasteiger charge is -2.36. The fourth-order valence-electron chi connectivity index (χ4n) is 2.81. The minimum Gasteiger partial charge on any atom is -0.377 e. The minimum atomic E-state index is -0.936. The molecule has 118 valence electrons. The molecule has 1 aliphatic heterocycles. The van der Waals surface area contributed by atoms with Crippen molar-refractivity contribution in [3.05, 3.63) is 58.9 Å². The molecule has 3 nitrogen and oxygen atoms in total. The second kappa shape index (κ2) is 6.62. The average Bonchev–Trinajstić information content (AvgIpc) is 2.55. The maximum atomic E-state index is 10.7. The number of rotatable bonds is 1. The number of benzene rings is 1. The molecule has 3 rings (SSSR count). The van der Waals surface area contributed by atoms with Crippen LogP contribution in [0.4, 0.5) is 5.69 Å². The van der Waals surface area contributed by atoms with Crippen LogP contribution in [0.25, 0.3) is 0 Å². The summed E-state index contributed by atoms with van der Waals surface area (Å²) < 4.78 is 0. The third-order valence-corrected chi connectivity index (χ3v) is 4.41. The second-order valence-electron chi connectivity index (χ2n) is 5.89. The van der Waals surface area contributed by atoms with Crippen molar-refractivity contribution in [2.24, 2.45) is 0 Å². The van der Waals surface area contributed by atoms with Crippen molar-refractivity contribution in [3.63, 3.8) is 0 Å². The average molecular weight is 327 g/mol. The van der Waals surface area contributed by atoms with E-state index in [9.17, 15) is 5.11 Å². The first kappa shape index (κ1) is 15.9. The molecule has 23 heavy (non-hydrogen) atoms. The normalized spacial score (nSPS) is 16.6. The van der Waals surface area contributed by atoms with Gasteiger partial charge in [0, 0.05) is 42.7 Å². The van der Waals surface area contributed by atoms with E-state index in [0.29, 0.717) is 17.9 Å². The number of halogens is 1. The van der Waals surface area contributed by atoms with Crippen LogP contribution in [0.1, 0.15) is 24.1 Å². The van der Waals surface area contributed by atoms with Crippen molar-refractivity contribution in [2.45, 2.75) is 25.4 Å². The molecule has 0 radical (unpaired) electrons. The molecule has 0 aliphatic carbocycles. The molecule has 0 spiro atoms. The molecule has 1 fully saturated rings. The number of pyridine rings is 1. The minimum absolute atomic E-state index is 0.620. The molecule has 1 aliphatic rings. The van der Waals surface area contributed by atoms with Crippen molar-refractivity contribution in [1.82, 2.24) is 4.98 Å². The number of hydrogen-bond acceptors (Lipinski definition) is 3. The fraction of sp³-hybridized carbons (Fsp3) is 0.316. The molecule has 1 aromatic carbocycles. The second-order valence-corrected chi connectivity index (χ2v) is 6.32. The predicted molar refractivity (Wildman–Crippen MR) is 93.7 cm³/mol. The Labute approximate surface area is 141 Å². The summed E-state index contributed by atoms with van der Waals surface area (Å²) in [5.74, 6) is 6.08. The van der Waals surface area contributed by atoms with Crippen molar-refractivity contribution in [2.75, 3.05) is 18.0 Å². The first-order valence-corrected chi connectivity index (χ1v) is 8.11. The quantitative estimate of drug-likeness (QED) is 0.816. The molecule has 0 saturated carbocycles. The molecule has 2 heterocycles. The summed E-state index contributed by atoms with van der Waals surface area (Å²) in [6.07, 6.45) is 3.04. The number of aryl methyl sites for hydroxylation is 1. The Bertz CT molecular complexity index is 755. The van der Waals surface area contributed by atoms with Crippen LogP contribution in [0, 0.1) is 18.8 Å². The molecule has 1 N–H and O–H groups in total. The van der Waals surface area contributed by atoms with E-state index in [4.69, 9.17) is 11.6 Å². The molecule has 0 amide bonds. The van der Waals surface area contributed by atoms with Gasteiger partial charge in [-0.05, 0) is 37.3 Å². The van der Waals surface area contributed by atoms with Gasteiger partial charge >= 0.3 is 0 Å². The highest BCUT2D eigenvalue weighted by Crippen LogP contribution is 2.27. The maximum absolute atomic E-state index is 10.7. The lowest BCUT2D eigenvalue weighted by atomic mass is 9.91. The summed E-state index contributed by atoms with van der Waals surface area (Å²) in [7, 11) is 0. The highest BCUT2D eigenvalue weighted by molar-refractivity contribution is 6.30. The van der Waals surface area contributed by atoms with Crippen LogP contribution in [0.2, 0.25) is 5.02 Å². The zero-order chi connectivity index (χ0) is 16.3. The maximum Gasteiger partial charge on any atom is 0.129 e. The fourth-order valence-corrected chi connectivity index (χ4v) is 3.00. The lowest BCUT2D eigenvalue weighted by molar-refractivity contribution is 0.0746. The van der Waals surface area contributed by atoms with E-state index in [-0.39, 0.29) is 0 Å². The van der Waals surface area contributed by atoms with Gasteiger partial charge in [-0.1, -0.05) is 29.5 Å². The van der Waals surface area contributed by atoms with Crippen LogP contribution < -0.4 is 4.90 Å². The monoisotopic (exact) mass is 326 g/mol. The zero-order valence-electron chi connectivity index (χ0n) is 13.1. The van der Waals surface area contributed by atoms with Crippen molar-refractivity contribution >= 4 is 17.3 Å². The predicted octanol–water partition coefficient (Wildman–Crippen LogP) is 3.43. The van der Waals surface area contributed by atoms with Gasteiger partial charge in [0.15, 0.2) is 0 Å². The van der Waals surface area contributed by atoms with Crippen molar-refractivity contribution in [3.8, 4) is 11.8 Å². The van der Waals surface area contributed by atoms with Gasteiger partial charge < -0.3 is 10.0 Å². The topological polar surface area (TPSA) is 36.4 Å². The van der Waals surface area contributed by atoms with Crippen LogP contribution in [-0.4, -0.2) is 28.8 Å². The van der Waals surface area contributed by atoms with Crippen molar-refractivity contribution in [1.29, 1.82) is 0 Å². The molecule has 2 aromatic rings. The van der Waals surface area contributed by atoms with E-state index in [0.717, 1.165) is 30.0 Å². The van der Waals surface area contributed by atoms with E-state index >= 15 is 0 Å². The summed E-state index contributed by atoms with van der Waals surface area (Å²) in [6.45, 7) is 3.55. The molecule has 0 bridgehead atoms. The highest BCUT2D eigenvalue weighted by Gasteiger charge is 2.31. The van der Waals surface area contributed by atoms with Gasteiger partial charge in [-0.15, -0.1) is 0 Å². The zero-order valence-corrected chi connectivity index (χ0v) is 13.8. The first-order chi connectivity index (χ1) is 11.1. The van der Waals surface area contributed by atoms with Gasteiger partial charge in [-0.3, -0.25) is 4.98 Å². The molecule has 0 atom stereocenters. The largest absolute Gasteiger partial charge is 0.377 e. The van der Waals surface area contributed by atoms with E-state index < -0.39 is 5.60 Å². The Balaban J connectivity index is 1.70. The number of nitrogens with zero attached hydrogens (tertiary/aromatic N) is 2. The molecule has 0 unspecified atom stereocenters. The summed E-state index contributed by atoms with van der Waals surface area (Å²) in [5.41, 5.74) is 2.05. The van der Waals surface area contributed by atoms with Gasteiger partial charge in [-0.2, -0.15) is 0 Å². The van der Waals surface area contributed by atoms with Gasteiger partial charge in [-0.25, -0.2) is 0 Å². The first-order valence-electron chi connectivity index (χ1n) is 7.73. The Morgan fingerprint density at radius 3 is 2.70 bits per heavy atom. The number of aliphatic hydroxyl groups is 1. The Morgan fingerprint density at radius 2 is 2.00 bits per heavy atom. The SMILES string of the molecule is Cc1ncccc1N1CCC(O)(C#Cc2cccc(Cl)c2)CC1. The Morgan fingerprint density at radius 1 is 1.22 bits per heavy atom. The third-order valence-electron chi connectivity index (χ3n) is 4.17. The Kier molecular flexibility index (Phi) is 4.56. The molecule has 4 heteroatoms. The van der Waals surface area contributed by atoms with E-state index in [2.05, 4.69) is 27.8 Å². The summed E-state index contributed by atoms with van der Waals surface area (Å²) in [4.78, 5) is 6.59. The Hall–Kier alpha value is -2.02. The number of anilines is 1. The highest BCUT2D eigenvalue weighted by atomic mass is 35.5. The van der Waals surface area contributed by atoms with Crippen LogP contribution in [-0.2, 0) is 0 Å². The summed E-state index contributed by atoms with van der Waals surface area (Å²) >= 11 is 5.96. The van der Waals surface area contributed by atoms with Crippen LogP contribution in [0.15, 0.2) is 42.6 Å². The standard InChI is InChI=1S/C19H19ClN2O/c1-15-18(6-3-11-21-15)22-12-9-19(23,10-13-22)8-7-16-4-2-5-17(20)14-16/h2-6,11,14,23H,9-10,12-13H2,1H3. The van der Waals surface area contributed by atoms with Gasteiger partial charge in [0.25, 0.3) is 0 Å². The molecule has 1 aromatic heterocycles. The molecular formula is C19H19ClN2O. The van der Waals surface area contributed by atoms with Crippen LogP contribution in [0.3, 0.4) is 0 Å². The number of piperidine rings is 1. The lowest BCUT2D eigenvalue weighted by Crippen LogP contribution is -2.43. The molecular weight excluding hydrogens is 308 g/mol. The van der Waals surface area contributed by atoms with Gasteiger partial charge in [0.1, 0.15) is 5.60 Å². The summed E-state index contributed by atoms with van der Waals surface area (Å²) in [6, 6.07) is 11.4. The van der Waals surface area contributed by atoms with Crippen LogP contribution in [0.5, 0.6) is 0 Å². The van der Waals surface area contributed by atoms with E-state index in [1.807, 2.05) is 37.3 Å². The van der Waals surface area contributed by atoms with E-state index in [1.165, 1.54) is 0 Å². The van der Waals surface area contributed by atoms with Gasteiger partial charge in [0.05, 0.1) is 11.4 Å². The third kappa shape index (κ3) is 3.85. The smallest absolute Gasteiger partial charge is 0.129 e. The number of hydrogen-bond donors (Lipinski definition) is 1. The number of aromatic nitrogens is 1. The van der Waals surface area contributed by atoms with Crippen LogP contribution >= 0.6 is 11.6 Å². The van der Waals surface area contributed by atoms with E-state index in [1.54, 1.807) is 6.20 Å². The summed E-state index contributed by atoms with van der Waals surface area (Å²) in [5, 5.41) is 11.3. The van der Waals surface area contributed by atoms with Gasteiger partial charge in [0.2, 0.25) is 0 Å². The molecule has 1 saturated heterocycles. The van der Waals surface area contributed by atoms with Crippen molar-refractivity contribution < 1.29 is 5.11 Å².